The topological polar surface area (TPSA) is 70.3 Å². The zero-order chi connectivity index (χ0) is 15.0. The number of aromatic nitrogens is 2. The Labute approximate surface area is 126 Å². The third-order valence-electron chi connectivity index (χ3n) is 4.76. The Hall–Kier alpha value is -1.40. The molecule has 2 fully saturated rings. The van der Waals surface area contributed by atoms with Gasteiger partial charge in [0.15, 0.2) is 0 Å². The van der Waals surface area contributed by atoms with Crippen LogP contribution in [0.5, 0.6) is 0 Å². The lowest BCUT2D eigenvalue weighted by atomic mass is 10.1. The number of nitrogens with two attached hydrogens (primary N) is 1. The van der Waals surface area contributed by atoms with Gasteiger partial charge in [0.05, 0.1) is 0 Å². The summed E-state index contributed by atoms with van der Waals surface area (Å²) in [5, 5.41) is 0. The number of nitrogens with zero attached hydrogens (tertiary/aromatic N) is 4. The number of rotatable bonds is 4. The molecule has 6 heteroatoms. The molecule has 1 saturated heterocycles. The van der Waals surface area contributed by atoms with E-state index in [0.29, 0.717) is 12.0 Å². The quantitative estimate of drug-likeness (QED) is 0.646. The van der Waals surface area contributed by atoms with Gasteiger partial charge in [-0.1, -0.05) is 6.92 Å². The van der Waals surface area contributed by atoms with E-state index in [4.69, 9.17) is 10.8 Å². The number of hydrogen-bond acceptors (Lipinski definition) is 6. The monoisotopic (exact) mass is 290 g/mol. The minimum atomic E-state index is 0.533. The molecule has 1 aliphatic heterocycles. The number of anilines is 2. The third-order valence-corrected chi connectivity index (χ3v) is 4.76. The molecule has 1 aromatic rings. The van der Waals surface area contributed by atoms with E-state index in [1.807, 2.05) is 0 Å². The number of likely N-dealkylation sites (N-methyl/N-ethyl adjacent to an activating group) is 1. The molecule has 0 spiro atoms. The number of hydrogen-bond donors (Lipinski definition) is 2. The highest BCUT2D eigenvalue weighted by Crippen LogP contribution is 2.40. The summed E-state index contributed by atoms with van der Waals surface area (Å²) in [5.74, 6) is 8.97. The summed E-state index contributed by atoms with van der Waals surface area (Å²) in [6, 6.07) is 0.590. The van der Waals surface area contributed by atoms with E-state index in [-0.39, 0.29) is 0 Å². The molecule has 1 unspecified atom stereocenters. The predicted octanol–water partition coefficient (Wildman–Crippen LogP) is 1.48. The van der Waals surface area contributed by atoms with Crippen LogP contribution >= 0.6 is 0 Å². The molecule has 0 aromatic carbocycles. The van der Waals surface area contributed by atoms with Crippen LogP contribution in [0.3, 0.4) is 0 Å². The molecule has 1 atom stereocenters. The molecule has 2 aliphatic rings. The predicted molar refractivity (Wildman–Crippen MR) is 85.5 cm³/mol. The Balaban J connectivity index is 1.91. The number of piperazine rings is 1. The highest BCUT2D eigenvalue weighted by molar-refractivity contribution is 5.59. The van der Waals surface area contributed by atoms with Crippen molar-refractivity contribution >= 4 is 11.6 Å². The summed E-state index contributed by atoms with van der Waals surface area (Å²) < 4.78 is 0. The Kier molecular flexibility index (Phi) is 3.99. The molecule has 1 saturated carbocycles. The fraction of sp³-hybridized carbons (Fsp3) is 0.733. The van der Waals surface area contributed by atoms with E-state index >= 15 is 0 Å². The van der Waals surface area contributed by atoms with Crippen molar-refractivity contribution in [1.29, 1.82) is 0 Å². The van der Waals surface area contributed by atoms with Crippen LogP contribution in [0.15, 0.2) is 0 Å². The molecule has 1 aliphatic carbocycles. The van der Waals surface area contributed by atoms with Crippen molar-refractivity contribution in [1.82, 2.24) is 14.9 Å². The highest BCUT2D eigenvalue weighted by atomic mass is 15.3. The van der Waals surface area contributed by atoms with Crippen molar-refractivity contribution in [3.8, 4) is 0 Å². The third kappa shape index (κ3) is 2.82. The van der Waals surface area contributed by atoms with E-state index in [2.05, 4.69) is 41.1 Å². The maximum absolute atomic E-state index is 5.65. The maximum Gasteiger partial charge on any atom is 0.148 e. The zero-order valence-corrected chi connectivity index (χ0v) is 13.3. The van der Waals surface area contributed by atoms with Crippen molar-refractivity contribution < 1.29 is 0 Å². The van der Waals surface area contributed by atoms with E-state index in [0.717, 1.165) is 49.1 Å². The normalized spacial score (nSPS) is 23.4. The molecule has 0 amide bonds. The molecule has 0 radical (unpaired) electrons. The van der Waals surface area contributed by atoms with Crippen molar-refractivity contribution in [2.75, 3.05) is 37.0 Å². The van der Waals surface area contributed by atoms with Gasteiger partial charge in [-0.15, -0.1) is 0 Å². The fourth-order valence-corrected chi connectivity index (χ4v) is 3.07. The average molecular weight is 290 g/mol. The molecular formula is C15H26N6. The van der Waals surface area contributed by atoms with Crippen molar-refractivity contribution in [3.63, 3.8) is 0 Å². The number of hydrazine groups is 1. The van der Waals surface area contributed by atoms with E-state index < -0.39 is 0 Å². The standard InChI is InChI=1S/C15H26N6/c1-4-12-9-21(8-7-20(12)3)15-10(2)13(19-16)17-14(18-15)11-5-6-11/h11-12H,4-9,16H2,1-3H3,(H,17,18,19). The Morgan fingerprint density at radius 2 is 2.05 bits per heavy atom. The Bertz CT molecular complexity index is 513. The molecule has 3 rings (SSSR count). The summed E-state index contributed by atoms with van der Waals surface area (Å²) in [5.41, 5.74) is 3.80. The Morgan fingerprint density at radius 1 is 1.29 bits per heavy atom. The molecular weight excluding hydrogens is 264 g/mol. The van der Waals surface area contributed by atoms with Gasteiger partial charge in [0.1, 0.15) is 17.5 Å². The minimum absolute atomic E-state index is 0.533. The molecule has 2 heterocycles. The van der Waals surface area contributed by atoms with Gasteiger partial charge >= 0.3 is 0 Å². The second kappa shape index (κ2) is 5.77. The molecule has 116 valence electrons. The SMILES string of the molecule is CCC1CN(c2nc(C3CC3)nc(NN)c2C)CCN1C. The first-order chi connectivity index (χ1) is 10.1. The van der Waals surface area contributed by atoms with Gasteiger partial charge in [0.2, 0.25) is 0 Å². The zero-order valence-electron chi connectivity index (χ0n) is 13.3. The van der Waals surface area contributed by atoms with Gasteiger partial charge < -0.3 is 10.3 Å². The molecule has 1 aromatic heterocycles. The number of nitrogens with one attached hydrogen (secondary N) is 1. The first-order valence-corrected chi connectivity index (χ1v) is 7.94. The van der Waals surface area contributed by atoms with Crippen LogP contribution in [0.25, 0.3) is 0 Å². The minimum Gasteiger partial charge on any atom is -0.353 e. The van der Waals surface area contributed by atoms with Crippen LogP contribution < -0.4 is 16.2 Å². The molecule has 0 bridgehead atoms. The summed E-state index contributed by atoms with van der Waals surface area (Å²) in [6.45, 7) is 7.42. The molecule has 21 heavy (non-hydrogen) atoms. The van der Waals surface area contributed by atoms with Gasteiger partial charge in [-0.25, -0.2) is 15.8 Å². The van der Waals surface area contributed by atoms with Crippen molar-refractivity contribution in [3.05, 3.63) is 11.4 Å². The van der Waals surface area contributed by atoms with Crippen molar-refractivity contribution in [2.24, 2.45) is 5.84 Å². The van der Waals surface area contributed by atoms with Crippen LogP contribution in [-0.4, -0.2) is 47.6 Å². The second-order valence-corrected chi connectivity index (χ2v) is 6.29. The van der Waals surface area contributed by atoms with Crippen LogP contribution in [0.2, 0.25) is 0 Å². The lowest BCUT2D eigenvalue weighted by Gasteiger charge is -2.40. The second-order valence-electron chi connectivity index (χ2n) is 6.29. The van der Waals surface area contributed by atoms with Gasteiger partial charge in [0, 0.05) is 37.2 Å². The highest BCUT2D eigenvalue weighted by Gasteiger charge is 2.30. The van der Waals surface area contributed by atoms with Crippen molar-refractivity contribution in [2.45, 2.75) is 45.1 Å². The summed E-state index contributed by atoms with van der Waals surface area (Å²) >= 11 is 0. The van der Waals surface area contributed by atoms with E-state index in [9.17, 15) is 0 Å². The summed E-state index contributed by atoms with van der Waals surface area (Å²) in [4.78, 5) is 14.3. The van der Waals surface area contributed by atoms with Crippen LogP contribution in [0.4, 0.5) is 11.6 Å². The van der Waals surface area contributed by atoms with Gasteiger partial charge in [-0.2, -0.15) is 0 Å². The van der Waals surface area contributed by atoms with E-state index in [1.54, 1.807) is 0 Å². The fourth-order valence-electron chi connectivity index (χ4n) is 3.07. The molecule has 6 nitrogen and oxygen atoms in total. The van der Waals surface area contributed by atoms with Gasteiger partial charge in [-0.3, -0.25) is 4.90 Å². The maximum atomic E-state index is 5.65. The van der Waals surface area contributed by atoms with Gasteiger partial charge in [-0.05, 0) is 33.2 Å². The first kappa shape index (κ1) is 14.5. The smallest absolute Gasteiger partial charge is 0.148 e. The average Bonchev–Trinajstić information content (AvgIpc) is 3.33. The first-order valence-electron chi connectivity index (χ1n) is 7.94. The lowest BCUT2D eigenvalue weighted by Crippen LogP contribution is -2.51. The summed E-state index contributed by atoms with van der Waals surface area (Å²) in [6.07, 6.45) is 3.56. The van der Waals surface area contributed by atoms with Crippen LogP contribution in [0.1, 0.15) is 43.5 Å². The van der Waals surface area contributed by atoms with E-state index in [1.165, 1.54) is 12.8 Å². The summed E-state index contributed by atoms with van der Waals surface area (Å²) in [7, 11) is 2.21. The van der Waals surface area contributed by atoms with Crippen LogP contribution in [-0.2, 0) is 0 Å². The van der Waals surface area contributed by atoms with Gasteiger partial charge in [0.25, 0.3) is 0 Å². The lowest BCUT2D eigenvalue weighted by molar-refractivity contribution is 0.212. The number of nitrogen functional groups attached to an aromatic ring is 1. The molecule has 3 N–H and O–H groups in total. The van der Waals surface area contributed by atoms with Crippen LogP contribution in [0, 0.1) is 6.92 Å². The Morgan fingerprint density at radius 3 is 2.67 bits per heavy atom. The largest absolute Gasteiger partial charge is 0.353 e.